The fraction of sp³-hybridized carbons (Fsp3) is 0.357. The minimum atomic E-state index is -0.869. The number of piperidine rings is 1. The second-order valence-electron chi connectivity index (χ2n) is 10.2. The number of carbonyl (C=O) groups excluding carboxylic acids is 5. The Kier molecular flexibility index (Phi) is 7.83. The zero-order valence-corrected chi connectivity index (χ0v) is 23.0. The van der Waals surface area contributed by atoms with Crippen molar-refractivity contribution in [3.63, 3.8) is 0 Å². The molecule has 0 bridgehead atoms. The smallest absolute Gasteiger partial charge is 0.354 e. The van der Waals surface area contributed by atoms with Crippen LogP contribution in [0.5, 0.6) is 0 Å². The van der Waals surface area contributed by atoms with E-state index >= 15 is 0 Å². The third kappa shape index (κ3) is 5.49. The van der Waals surface area contributed by atoms with Crippen LogP contribution in [0.15, 0.2) is 42.9 Å². The number of anilines is 2. The number of likely N-dealkylation sites (tertiary alicyclic amines) is 1. The lowest BCUT2D eigenvalue weighted by atomic mass is 9.92. The Morgan fingerprint density at radius 2 is 1.83 bits per heavy atom. The Balaban J connectivity index is 1.29. The molecule has 14 nitrogen and oxygen atoms in total. The van der Waals surface area contributed by atoms with E-state index < -0.39 is 23.8 Å². The lowest BCUT2D eigenvalue weighted by Crippen LogP contribution is -2.52. The summed E-state index contributed by atoms with van der Waals surface area (Å²) in [5.41, 5.74) is 0.860. The summed E-state index contributed by atoms with van der Waals surface area (Å²) in [6, 6.07) is 8.90. The van der Waals surface area contributed by atoms with Crippen molar-refractivity contribution in [2.75, 3.05) is 30.4 Å². The lowest BCUT2D eigenvalue weighted by Gasteiger charge is -2.42. The summed E-state index contributed by atoms with van der Waals surface area (Å²) in [6.45, 7) is 3.17. The highest BCUT2D eigenvalue weighted by Crippen LogP contribution is 2.30. The molecular formula is C28H28N8O6. The third-order valence-electron chi connectivity index (χ3n) is 7.56. The van der Waals surface area contributed by atoms with Crippen molar-refractivity contribution in [3.05, 3.63) is 48.4 Å². The van der Waals surface area contributed by atoms with Crippen LogP contribution in [0.3, 0.4) is 0 Å². The maximum atomic E-state index is 13.2. The number of nitriles is 1. The molecule has 42 heavy (non-hydrogen) atoms. The van der Waals surface area contributed by atoms with E-state index in [9.17, 15) is 24.0 Å². The zero-order chi connectivity index (χ0) is 30.0. The van der Waals surface area contributed by atoms with Crippen LogP contribution in [0.1, 0.15) is 43.0 Å². The molecule has 3 aromatic rings. The van der Waals surface area contributed by atoms with Gasteiger partial charge in [-0.25, -0.2) is 19.6 Å². The van der Waals surface area contributed by atoms with Gasteiger partial charge in [-0.3, -0.25) is 19.0 Å². The van der Waals surface area contributed by atoms with E-state index in [1.54, 1.807) is 17.2 Å². The van der Waals surface area contributed by atoms with Crippen LogP contribution in [0.4, 0.5) is 16.3 Å². The molecule has 0 unspecified atom stereocenters. The quantitative estimate of drug-likeness (QED) is 0.432. The van der Waals surface area contributed by atoms with Crippen LogP contribution in [0.25, 0.3) is 11.0 Å². The normalized spacial score (nSPS) is 18.6. The number of aromatic nitrogens is 3. The van der Waals surface area contributed by atoms with Gasteiger partial charge in [-0.2, -0.15) is 5.26 Å². The van der Waals surface area contributed by atoms with Gasteiger partial charge < -0.3 is 20.0 Å². The number of hydrogen-bond donors (Lipinski definition) is 1. The summed E-state index contributed by atoms with van der Waals surface area (Å²) in [6.07, 6.45) is 3.57. The van der Waals surface area contributed by atoms with Crippen LogP contribution in [-0.2, 0) is 19.2 Å². The van der Waals surface area contributed by atoms with Gasteiger partial charge in [-0.05, 0) is 42.7 Å². The minimum absolute atomic E-state index is 0.00346. The molecule has 1 N–H and O–H groups in total. The van der Waals surface area contributed by atoms with Crippen molar-refractivity contribution in [2.24, 2.45) is 5.92 Å². The molecule has 2 aromatic heterocycles. The molecule has 0 aliphatic carbocycles. The SMILES string of the molecule is C[C@@H]1CCN(C(=O)CC#N)C[C@@H]1N(C)c1ncnc2c1ccn2C(=O)Nc1ccc(C(=O)ON2C(=O)CCC2=O)cc1. The Morgan fingerprint density at radius 1 is 1.12 bits per heavy atom. The van der Waals surface area contributed by atoms with Crippen molar-refractivity contribution in [1.82, 2.24) is 24.5 Å². The van der Waals surface area contributed by atoms with Crippen LogP contribution >= 0.6 is 0 Å². The largest absolute Gasteiger partial charge is 0.363 e. The standard InChI is InChI=1S/C28H28N8O6/c1-17-10-13-34(22(37)9-12-29)15-21(17)33(2)25-20-11-14-35(26(20)31-16-30-25)28(41)32-19-5-3-18(4-6-19)27(40)42-36-23(38)7-8-24(36)39/h3-6,11,14,16-17,21H,7-10,13,15H2,1-2H3,(H,32,41)/t17-,21+/m1/s1. The number of rotatable bonds is 6. The highest BCUT2D eigenvalue weighted by Gasteiger charge is 2.34. The Hall–Kier alpha value is -5.32. The fourth-order valence-corrected chi connectivity index (χ4v) is 5.17. The fourth-order valence-electron chi connectivity index (χ4n) is 5.17. The molecule has 4 amide bonds. The average molecular weight is 573 g/mol. The number of amides is 4. The molecular weight excluding hydrogens is 544 g/mol. The number of benzene rings is 1. The van der Waals surface area contributed by atoms with Gasteiger partial charge in [-0.1, -0.05) is 6.92 Å². The lowest BCUT2D eigenvalue weighted by molar-refractivity contribution is -0.172. The molecule has 1 aromatic carbocycles. The first-order valence-electron chi connectivity index (χ1n) is 13.4. The molecule has 0 saturated carbocycles. The van der Waals surface area contributed by atoms with Crippen molar-refractivity contribution < 1.29 is 28.8 Å². The molecule has 0 radical (unpaired) electrons. The summed E-state index contributed by atoms with van der Waals surface area (Å²) in [5.74, 6) is -1.35. The van der Waals surface area contributed by atoms with Crippen LogP contribution in [-0.4, -0.2) is 80.4 Å². The van der Waals surface area contributed by atoms with E-state index in [0.29, 0.717) is 40.7 Å². The van der Waals surface area contributed by atoms with Crippen LogP contribution < -0.4 is 10.2 Å². The van der Waals surface area contributed by atoms with Gasteiger partial charge in [0.25, 0.3) is 11.8 Å². The molecule has 5 rings (SSSR count). The van der Waals surface area contributed by atoms with Gasteiger partial charge in [0.05, 0.1) is 23.1 Å². The summed E-state index contributed by atoms with van der Waals surface area (Å²) in [4.78, 5) is 78.6. The van der Waals surface area contributed by atoms with Crippen LogP contribution in [0.2, 0.25) is 0 Å². The number of nitrogens with one attached hydrogen (secondary N) is 1. The number of carbonyl (C=O) groups is 5. The number of hydroxylamine groups is 2. The topological polar surface area (TPSA) is 171 Å². The summed E-state index contributed by atoms with van der Waals surface area (Å²) in [7, 11) is 1.89. The predicted octanol–water partition coefficient (Wildman–Crippen LogP) is 2.32. The predicted molar refractivity (Wildman–Crippen MR) is 148 cm³/mol. The monoisotopic (exact) mass is 572 g/mol. The van der Waals surface area contributed by atoms with Crippen molar-refractivity contribution in [3.8, 4) is 6.07 Å². The number of imide groups is 1. The molecule has 4 heterocycles. The van der Waals surface area contributed by atoms with Crippen molar-refractivity contribution >= 4 is 52.3 Å². The molecule has 2 saturated heterocycles. The molecule has 2 aliphatic rings. The molecule has 0 spiro atoms. The molecule has 2 fully saturated rings. The van der Waals surface area contributed by atoms with E-state index in [1.807, 2.05) is 18.0 Å². The van der Waals surface area contributed by atoms with Gasteiger partial charge in [0, 0.05) is 44.9 Å². The zero-order valence-electron chi connectivity index (χ0n) is 23.0. The van der Waals surface area contributed by atoms with Crippen LogP contribution in [0, 0.1) is 17.2 Å². The highest BCUT2D eigenvalue weighted by atomic mass is 16.7. The average Bonchev–Trinajstić information content (AvgIpc) is 3.56. The highest BCUT2D eigenvalue weighted by molar-refractivity contribution is 6.03. The van der Waals surface area contributed by atoms with E-state index in [2.05, 4.69) is 22.2 Å². The summed E-state index contributed by atoms with van der Waals surface area (Å²) in [5, 5.41) is 12.8. The second-order valence-corrected chi connectivity index (χ2v) is 10.2. The Bertz CT molecular complexity index is 1590. The number of fused-ring (bicyclic) bond motifs is 1. The van der Waals surface area contributed by atoms with Crippen molar-refractivity contribution in [2.45, 2.75) is 38.6 Å². The first-order chi connectivity index (χ1) is 20.2. The molecule has 2 aliphatic heterocycles. The molecule has 2 atom stereocenters. The van der Waals surface area contributed by atoms with E-state index in [-0.39, 0.29) is 42.7 Å². The van der Waals surface area contributed by atoms with Gasteiger partial charge in [0.2, 0.25) is 5.91 Å². The first kappa shape index (κ1) is 28.2. The summed E-state index contributed by atoms with van der Waals surface area (Å²) < 4.78 is 1.34. The molecule has 14 heteroatoms. The number of hydrogen-bond acceptors (Lipinski definition) is 10. The van der Waals surface area contributed by atoms with Gasteiger partial charge >= 0.3 is 12.0 Å². The molecule has 216 valence electrons. The summed E-state index contributed by atoms with van der Waals surface area (Å²) >= 11 is 0. The second kappa shape index (κ2) is 11.7. The van der Waals surface area contributed by atoms with Gasteiger partial charge in [0.1, 0.15) is 18.6 Å². The number of nitrogens with zero attached hydrogens (tertiary/aromatic N) is 7. The Labute approximate surface area is 240 Å². The Morgan fingerprint density at radius 3 is 2.52 bits per heavy atom. The van der Waals surface area contributed by atoms with Gasteiger partial charge in [-0.15, -0.1) is 5.06 Å². The van der Waals surface area contributed by atoms with Gasteiger partial charge in [0.15, 0.2) is 5.65 Å². The van der Waals surface area contributed by atoms with E-state index in [0.717, 1.165) is 6.42 Å². The maximum Gasteiger partial charge on any atom is 0.363 e. The van der Waals surface area contributed by atoms with E-state index in [4.69, 9.17) is 10.1 Å². The van der Waals surface area contributed by atoms with Crippen molar-refractivity contribution in [1.29, 1.82) is 5.26 Å². The number of likely N-dealkylation sites (N-methyl/N-ethyl adjacent to an activating group) is 1. The maximum absolute atomic E-state index is 13.2. The first-order valence-corrected chi connectivity index (χ1v) is 13.4. The third-order valence-corrected chi connectivity index (χ3v) is 7.56. The minimum Gasteiger partial charge on any atom is -0.354 e. The van der Waals surface area contributed by atoms with E-state index in [1.165, 1.54) is 35.2 Å².